The van der Waals surface area contributed by atoms with Crippen LogP contribution in [0.2, 0.25) is 0 Å². The van der Waals surface area contributed by atoms with E-state index in [2.05, 4.69) is 207 Å². The molecule has 0 heterocycles. The Bertz CT molecular complexity index is 2490. The van der Waals surface area contributed by atoms with Gasteiger partial charge in [0.1, 0.15) is 0 Å². The van der Waals surface area contributed by atoms with Gasteiger partial charge in [0, 0.05) is 22.2 Å². The molecule has 0 aromatic heterocycles. The average Bonchev–Trinajstić information content (AvgIpc) is 3.42. The summed E-state index contributed by atoms with van der Waals surface area (Å²) in [6.07, 6.45) is 0. The molecule has 0 amide bonds. The van der Waals surface area contributed by atoms with Crippen molar-refractivity contribution in [3.05, 3.63) is 199 Å². The fourth-order valence-corrected chi connectivity index (χ4v) is 7.99. The van der Waals surface area contributed by atoms with Gasteiger partial charge in [-0.2, -0.15) is 0 Å². The Morgan fingerprint density at radius 3 is 1.76 bits per heavy atom. The number of benzene rings is 8. The van der Waals surface area contributed by atoms with Crippen molar-refractivity contribution in [2.45, 2.75) is 19.3 Å². The number of nitrogens with zero attached hydrogens (tertiary/aromatic N) is 1. The van der Waals surface area contributed by atoms with Gasteiger partial charge in [-0.05, 0) is 85.6 Å². The molecule has 0 saturated heterocycles. The van der Waals surface area contributed by atoms with Crippen molar-refractivity contribution in [2.75, 3.05) is 4.90 Å². The lowest BCUT2D eigenvalue weighted by Gasteiger charge is -2.31. The standard InChI is InChI=1S/C49H37N/c1-49(2)44-24-12-11-22-42(44)48-45(49)25-14-26-47(48)50(39-30-27-35(28-31-39)34-15-5-3-6-16-34)46-32-29-38(33-43(46)37-17-7-4-8-18-37)41-23-13-20-36-19-9-10-21-40(36)41/h3-33H,1-2H3. The van der Waals surface area contributed by atoms with Crippen LogP contribution in [0.1, 0.15) is 25.0 Å². The van der Waals surface area contributed by atoms with Crippen LogP contribution in [0, 0.1) is 0 Å². The minimum absolute atomic E-state index is 0.106. The summed E-state index contributed by atoms with van der Waals surface area (Å²) in [7, 11) is 0. The normalized spacial score (nSPS) is 12.8. The third-order valence-corrected chi connectivity index (χ3v) is 10.5. The van der Waals surface area contributed by atoms with Crippen molar-refractivity contribution < 1.29 is 0 Å². The molecule has 8 aromatic rings. The molecule has 1 aliphatic carbocycles. The zero-order valence-corrected chi connectivity index (χ0v) is 28.3. The summed E-state index contributed by atoms with van der Waals surface area (Å²) in [5.41, 5.74) is 15.9. The highest BCUT2D eigenvalue weighted by Crippen LogP contribution is 2.55. The summed E-state index contributed by atoms with van der Waals surface area (Å²) in [5.74, 6) is 0. The Morgan fingerprint density at radius 1 is 0.380 bits per heavy atom. The highest BCUT2D eigenvalue weighted by atomic mass is 15.1. The smallest absolute Gasteiger partial charge is 0.0543 e. The van der Waals surface area contributed by atoms with Crippen molar-refractivity contribution in [2.24, 2.45) is 0 Å². The van der Waals surface area contributed by atoms with Crippen LogP contribution in [0.5, 0.6) is 0 Å². The van der Waals surface area contributed by atoms with Crippen LogP contribution >= 0.6 is 0 Å². The Kier molecular flexibility index (Phi) is 7.21. The summed E-state index contributed by atoms with van der Waals surface area (Å²) in [5, 5.41) is 2.51. The van der Waals surface area contributed by atoms with Gasteiger partial charge in [-0.25, -0.2) is 0 Å². The van der Waals surface area contributed by atoms with Gasteiger partial charge < -0.3 is 4.90 Å². The summed E-state index contributed by atoms with van der Waals surface area (Å²) in [6.45, 7) is 4.71. The van der Waals surface area contributed by atoms with E-state index in [9.17, 15) is 0 Å². The SMILES string of the molecule is CC1(C)c2ccccc2-c2c(N(c3ccc(-c4ccccc4)cc3)c3ccc(-c4cccc5ccccc45)cc3-c3ccccc3)cccc21. The predicted octanol–water partition coefficient (Wildman–Crippen LogP) is 13.6. The molecule has 9 rings (SSSR count). The van der Waals surface area contributed by atoms with Crippen molar-refractivity contribution in [3.63, 3.8) is 0 Å². The summed E-state index contributed by atoms with van der Waals surface area (Å²) in [6, 6.07) is 68.6. The molecule has 1 aliphatic rings. The highest BCUT2D eigenvalue weighted by Gasteiger charge is 2.38. The number of rotatable bonds is 6. The van der Waals surface area contributed by atoms with Gasteiger partial charge >= 0.3 is 0 Å². The monoisotopic (exact) mass is 639 g/mol. The molecule has 0 atom stereocenters. The lowest BCUT2D eigenvalue weighted by Crippen LogP contribution is -2.16. The van der Waals surface area contributed by atoms with Gasteiger partial charge in [0.15, 0.2) is 0 Å². The second-order valence-corrected chi connectivity index (χ2v) is 13.7. The Hall–Kier alpha value is -6.18. The first-order valence-electron chi connectivity index (χ1n) is 17.4. The minimum atomic E-state index is -0.106. The van der Waals surface area contributed by atoms with E-state index in [1.165, 1.54) is 72.1 Å². The molecule has 1 nitrogen and oxygen atoms in total. The molecular weight excluding hydrogens is 603 g/mol. The Labute approximate surface area is 294 Å². The van der Waals surface area contributed by atoms with Crippen molar-refractivity contribution in [1.82, 2.24) is 0 Å². The van der Waals surface area contributed by atoms with Crippen LogP contribution in [0.3, 0.4) is 0 Å². The molecule has 0 spiro atoms. The van der Waals surface area contributed by atoms with E-state index < -0.39 is 0 Å². The topological polar surface area (TPSA) is 3.24 Å². The van der Waals surface area contributed by atoms with E-state index >= 15 is 0 Å². The summed E-state index contributed by atoms with van der Waals surface area (Å²) < 4.78 is 0. The second-order valence-electron chi connectivity index (χ2n) is 13.7. The average molecular weight is 640 g/mol. The third-order valence-electron chi connectivity index (χ3n) is 10.5. The molecule has 0 N–H and O–H groups in total. The molecule has 0 bridgehead atoms. The van der Waals surface area contributed by atoms with Gasteiger partial charge in [-0.15, -0.1) is 0 Å². The van der Waals surface area contributed by atoms with E-state index in [0.717, 1.165) is 11.4 Å². The van der Waals surface area contributed by atoms with Crippen LogP contribution < -0.4 is 4.90 Å². The van der Waals surface area contributed by atoms with Gasteiger partial charge in [-0.1, -0.05) is 172 Å². The van der Waals surface area contributed by atoms with Crippen molar-refractivity contribution >= 4 is 27.8 Å². The van der Waals surface area contributed by atoms with Crippen LogP contribution in [0.4, 0.5) is 17.1 Å². The van der Waals surface area contributed by atoms with Gasteiger partial charge in [-0.3, -0.25) is 0 Å². The number of fused-ring (bicyclic) bond motifs is 4. The molecular formula is C49H37N. The van der Waals surface area contributed by atoms with E-state index in [0.29, 0.717) is 0 Å². The maximum atomic E-state index is 2.49. The first-order valence-corrected chi connectivity index (χ1v) is 17.4. The van der Waals surface area contributed by atoms with Crippen LogP contribution in [-0.2, 0) is 5.41 Å². The zero-order valence-electron chi connectivity index (χ0n) is 28.3. The lowest BCUT2D eigenvalue weighted by atomic mass is 9.82. The van der Waals surface area contributed by atoms with Crippen LogP contribution in [0.15, 0.2) is 188 Å². The maximum Gasteiger partial charge on any atom is 0.0543 e. The first kappa shape index (κ1) is 29.9. The van der Waals surface area contributed by atoms with E-state index in [4.69, 9.17) is 0 Å². The predicted molar refractivity (Wildman–Crippen MR) is 213 cm³/mol. The Morgan fingerprint density at radius 2 is 0.960 bits per heavy atom. The van der Waals surface area contributed by atoms with E-state index in [-0.39, 0.29) is 5.41 Å². The molecule has 238 valence electrons. The minimum Gasteiger partial charge on any atom is -0.309 e. The van der Waals surface area contributed by atoms with E-state index in [1.807, 2.05) is 0 Å². The first-order chi connectivity index (χ1) is 24.6. The molecule has 0 aliphatic heterocycles. The quantitative estimate of drug-likeness (QED) is 0.175. The summed E-state index contributed by atoms with van der Waals surface area (Å²) >= 11 is 0. The van der Waals surface area contributed by atoms with Crippen LogP contribution in [0.25, 0.3) is 55.3 Å². The van der Waals surface area contributed by atoms with E-state index in [1.54, 1.807) is 0 Å². The maximum absolute atomic E-state index is 2.49. The molecule has 0 saturated carbocycles. The molecule has 0 fully saturated rings. The Balaban J connectivity index is 1.31. The van der Waals surface area contributed by atoms with Gasteiger partial charge in [0.2, 0.25) is 0 Å². The number of hydrogen-bond acceptors (Lipinski definition) is 1. The zero-order chi connectivity index (χ0) is 33.7. The van der Waals surface area contributed by atoms with Crippen molar-refractivity contribution in [3.8, 4) is 44.5 Å². The number of anilines is 3. The fraction of sp³-hybridized carbons (Fsp3) is 0.0612. The third kappa shape index (κ3) is 4.94. The van der Waals surface area contributed by atoms with Gasteiger partial charge in [0.05, 0.1) is 11.4 Å². The van der Waals surface area contributed by atoms with Crippen molar-refractivity contribution in [1.29, 1.82) is 0 Å². The molecule has 50 heavy (non-hydrogen) atoms. The highest BCUT2D eigenvalue weighted by molar-refractivity contribution is 6.01. The van der Waals surface area contributed by atoms with Gasteiger partial charge in [0.25, 0.3) is 0 Å². The number of hydrogen-bond donors (Lipinski definition) is 0. The lowest BCUT2D eigenvalue weighted by molar-refractivity contribution is 0.660. The fourth-order valence-electron chi connectivity index (χ4n) is 7.99. The molecule has 1 heteroatoms. The van der Waals surface area contributed by atoms with Crippen LogP contribution in [-0.4, -0.2) is 0 Å². The molecule has 8 aromatic carbocycles. The molecule has 0 unspecified atom stereocenters. The summed E-state index contributed by atoms with van der Waals surface area (Å²) in [4.78, 5) is 2.49. The second kappa shape index (κ2) is 12.1. The molecule has 0 radical (unpaired) electrons. The largest absolute Gasteiger partial charge is 0.309 e.